The fourth-order valence-corrected chi connectivity index (χ4v) is 2.85. The molecule has 0 aliphatic heterocycles. The van der Waals surface area contributed by atoms with E-state index in [2.05, 4.69) is 39.8 Å². The molecule has 0 aromatic rings. The molecule has 1 radical (unpaired) electrons. The van der Waals surface area contributed by atoms with E-state index < -0.39 is 0 Å². The Balaban J connectivity index is 3.11. The summed E-state index contributed by atoms with van der Waals surface area (Å²) in [4.78, 5) is 0. The van der Waals surface area contributed by atoms with Crippen molar-refractivity contribution >= 4 is 0 Å². The van der Waals surface area contributed by atoms with Gasteiger partial charge in [0.2, 0.25) is 0 Å². The molecule has 0 saturated heterocycles. The molecule has 0 saturated carbocycles. The topological polar surface area (TPSA) is 0 Å². The highest BCUT2D eigenvalue weighted by Gasteiger charge is 2.08. The SMILES string of the molecule is [CH2]C(C)(C)CCCCCCCC/C=C/CCCCCCCC. The fourth-order valence-electron chi connectivity index (χ4n) is 2.85. The van der Waals surface area contributed by atoms with Crippen molar-refractivity contribution in [3.8, 4) is 0 Å². The second-order valence-corrected chi connectivity index (χ2v) is 7.85. The van der Waals surface area contributed by atoms with Crippen LogP contribution in [0.25, 0.3) is 0 Å². The highest BCUT2D eigenvalue weighted by Crippen LogP contribution is 2.22. The minimum absolute atomic E-state index is 0.279. The van der Waals surface area contributed by atoms with Gasteiger partial charge in [-0.1, -0.05) is 97.1 Å². The lowest BCUT2D eigenvalue weighted by atomic mass is 9.89. The van der Waals surface area contributed by atoms with Crippen LogP contribution in [-0.4, -0.2) is 0 Å². The quantitative estimate of drug-likeness (QED) is 0.199. The predicted octanol–water partition coefficient (Wildman–Crippen LogP) is 8.27. The Bertz CT molecular complexity index is 231. The van der Waals surface area contributed by atoms with E-state index in [9.17, 15) is 0 Å². The van der Waals surface area contributed by atoms with Crippen LogP contribution in [0, 0.1) is 12.3 Å². The van der Waals surface area contributed by atoms with Gasteiger partial charge >= 0.3 is 0 Å². The summed E-state index contributed by atoms with van der Waals surface area (Å²) in [6.45, 7) is 10.9. The Morgan fingerprint density at radius 2 is 1.05 bits per heavy atom. The van der Waals surface area contributed by atoms with Crippen LogP contribution in [0.2, 0.25) is 0 Å². The van der Waals surface area contributed by atoms with Crippen molar-refractivity contribution in [3.63, 3.8) is 0 Å². The molecule has 0 fully saturated rings. The average Bonchev–Trinajstić information content (AvgIpc) is 2.45. The highest BCUT2D eigenvalue weighted by molar-refractivity contribution is 4.81. The summed E-state index contributed by atoms with van der Waals surface area (Å²) in [5, 5.41) is 0. The first-order valence-corrected chi connectivity index (χ1v) is 10.1. The number of allylic oxidation sites excluding steroid dienone is 2. The van der Waals surface area contributed by atoms with Crippen LogP contribution in [0.4, 0.5) is 0 Å². The maximum atomic E-state index is 4.17. The Hall–Kier alpha value is -0.260. The number of hydrogen-bond acceptors (Lipinski definition) is 0. The third-order valence-electron chi connectivity index (χ3n) is 4.37. The second-order valence-electron chi connectivity index (χ2n) is 7.85. The zero-order valence-electron chi connectivity index (χ0n) is 16.0. The molecule has 0 aromatic heterocycles. The molecule has 0 unspecified atom stereocenters. The molecular formula is C22H43. The van der Waals surface area contributed by atoms with E-state index in [0.717, 1.165) is 0 Å². The van der Waals surface area contributed by atoms with E-state index >= 15 is 0 Å². The summed E-state index contributed by atoms with van der Waals surface area (Å²) in [7, 11) is 0. The van der Waals surface area contributed by atoms with Crippen molar-refractivity contribution in [2.45, 2.75) is 117 Å². The lowest BCUT2D eigenvalue weighted by molar-refractivity contribution is 0.403. The van der Waals surface area contributed by atoms with Gasteiger partial charge in [0.15, 0.2) is 0 Å². The lowest BCUT2D eigenvalue weighted by Crippen LogP contribution is -2.04. The molecule has 0 amide bonds. The van der Waals surface area contributed by atoms with Crippen molar-refractivity contribution in [2.75, 3.05) is 0 Å². The first-order chi connectivity index (χ1) is 10.6. The molecule has 0 N–H and O–H groups in total. The summed E-state index contributed by atoms with van der Waals surface area (Å²) < 4.78 is 0. The van der Waals surface area contributed by atoms with Crippen LogP contribution in [-0.2, 0) is 0 Å². The molecule has 0 atom stereocenters. The Kier molecular flexibility index (Phi) is 15.4. The first-order valence-electron chi connectivity index (χ1n) is 10.1. The molecule has 0 nitrogen and oxygen atoms in total. The molecule has 0 aromatic carbocycles. The zero-order chi connectivity index (χ0) is 16.5. The van der Waals surface area contributed by atoms with E-state index in [1.807, 2.05) is 0 Å². The predicted molar refractivity (Wildman–Crippen MR) is 103 cm³/mol. The summed E-state index contributed by atoms with van der Waals surface area (Å²) in [5.41, 5.74) is 0.279. The van der Waals surface area contributed by atoms with Crippen molar-refractivity contribution in [1.29, 1.82) is 0 Å². The molecule has 22 heavy (non-hydrogen) atoms. The van der Waals surface area contributed by atoms with Gasteiger partial charge < -0.3 is 0 Å². The summed E-state index contributed by atoms with van der Waals surface area (Å²) in [6.07, 6.45) is 25.5. The minimum atomic E-state index is 0.279. The largest absolute Gasteiger partial charge is 0.0885 e. The van der Waals surface area contributed by atoms with Crippen molar-refractivity contribution in [3.05, 3.63) is 19.1 Å². The van der Waals surface area contributed by atoms with Gasteiger partial charge in [0.25, 0.3) is 0 Å². The fraction of sp³-hybridized carbons (Fsp3) is 0.864. The van der Waals surface area contributed by atoms with E-state index in [0.29, 0.717) is 0 Å². The maximum absolute atomic E-state index is 4.17. The van der Waals surface area contributed by atoms with Crippen molar-refractivity contribution < 1.29 is 0 Å². The third-order valence-corrected chi connectivity index (χ3v) is 4.37. The lowest BCUT2D eigenvalue weighted by Gasteiger charge is -2.17. The van der Waals surface area contributed by atoms with Crippen LogP contribution >= 0.6 is 0 Å². The van der Waals surface area contributed by atoms with Gasteiger partial charge in [0.05, 0.1) is 0 Å². The molecule has 0 spiro atoms. The molecule has 0 rings (SSSR count). The van der Waals surface area contributed by atoms with Crippen molar-refractivity contribution in [1.82, 2.24) is 0 Å². The van der Waals surface area contributed by atoms with Crippen LogP contribution in [0.1, 0.15) is 117 Å². The maximum Gasteiger partial charge on any atom is -0.0351 e. The van der Waals surface area contributed by atoms with E-state index in [-0.39, 0.29) is 5.41 Å². The molecular weight excluding hydrogens is 264 g/mol. The number of rotatable bonds is 16. The third kappa shape index (κ3) is 19.7. The van der Waals surface area contributed by atoms with Gasteiger partial charge in [-0.3, -0.25) is 0 Å². The van der Waals surface area contributed by atoms with Crippen molar-refractivity contribution in [2.24, 2.45) is 5.41 Å². The smallest absolute Gasteiger partial charge is 0.0351 e. The molecule has 131 valence electrons. The van der Waals surface area contributed by atoms with Crippen LogP contribution in [0.5, 0.6) is 0 Å². The minimum Gasteiger partial charge on any atom is -0.0885 e. The van der Waals surface area contributed by atoms with Gasteiger partial charge in [-0.2, -0.15) is 0 Å². The first kappa shape index (κ1) is 21.7. The van der Waals surface area contributed by atoms with E-state index in [1.165, 1.54) is 96.3 Å². The zero-order valence-corrected chi connectivity index (χ0v) is 16.0. The summed E-state index contributed by atoms with van der Waals surface area (Å²) in [5.74, 6) is 0. The van der Waals surface area contributed by atoms with Crippen LogP contribution < -0.4 is 0 Å². The highest BCUT2D eigenvalue weighted by atomic mass is 14.1. The molecule has 0 heteroatoms. The summed E-state index contributed by atoms with van der Waals surface area (Å²) in [6, 6.07) is 0. The van der Waals surface area contributed by atoms with Gasteiger partial charge in [-0.15, -0.1) is 0 Å². The van der Waals surface area contributed by atoms with Crippen LogP contribution in [0.3, 0.4) is 0 Å². The standard InChI is InChI=1S/C22H43/c1-5-6-7-8-9-10-11-12-13-14-15-16-17-18-19-20-21-22(2,3)4/h12-13H,2,5-11,14-21H2,1,3-4H3/b13-12+. The van der Waals surface area contributed by atoms with Gasteiger partial charge in [0.1, 0.15) is 0 Å². The Labute approximate surface area is 142 Å². The van der Waals surface area contributed by atoms with Gasteiger partial charge in [-0.05, 0) is 44.4 Å². The Morgan fingerprint density at radius 1 is 0.636 bits per heavy atom. The second kappa shape index (κ2) is 15.6. The summed E-state index contributed by atoms with van der Waals surface area (Å²) >= 11 is 0. The molecule has 0 aliphatic rings. The molecule has 0 aliphatic carbocycles. The van der Waals surface area contributed by atoms with E-state index in [4.69, 9.17) is 0 Å². The Morgan fingerprint density at radius 3 is 1.50 bits per heavy atom. The monoisotopic (exact) mass is 307 g/mol. The normalized spacial score (nSPS) is 12.4. The number of hydrogen-bond donors (Lipinski definition) is 0. The van der Waals surface area contributed by atoms with Gasteiger partial charge in [-0.25, -0.2) is 0 Å². The molecule has 0 heterocycles. The van der Waals surface area contributed by atoms with Crippen LogP contribution in [0.15, 0.2) is 12.2 Å². The number of unbranched alkanes of at least 4 members (excludes halogenated alkanes) is 12. The average molecular weight is 308 g/mol. The molecule has 0 bridgehead atoms. The van der Waals surface area contributed by atoms with Gasteiger partial charge in [0, 0.05) is 0 Å². The van der Waals surface area contributed by atoms with E-state index in [1.54, 1.807) is 0 Å².